The molecule has 6 N–H and O–H groups in total. The van der Waals surface area contributed by atoms with Crippen LogP contribution in [0.15, 0.2) is 91.0 Å². The number of carbonyl (C=O) groups is 2. The third-order valence-electron chi connectivity index (χ3n) is 7.04. The van der Waals surface area contributed by atoms with E-state index in [1.165, 1.54) is 6.07 Å². The number of β-amino-alcohol motifs (C(OH)–C–C–N with tert-alkyl or cyclic N) is 1. The number of phenols is 2. The van der Waals surface area contributed by atoms with Crippen molar-refractivity contribution in [3.63, 3.8) is 0 Å². The molecule has 0 unspecified atom stereocenters. The normalized spacial score (nSPS) is 12.0. The number of benzene rings is 4. The highest BCUT2D eigenvalue weighted by Crippen LogP contribution is 2.27. The summed E-state index contributed by atoms with van der Waals surface area (Å²) in [6, 6.07) is 27.6. The van der Waals surface area contributed by atoms with Gasteiger partial charge in [0.15, 0.2) is 0 Å². The first-order valence-corrected chi connectivity index (χ1v) is 13.8. The van der Waals surface area contributed by atoms with Crippen LogP contribution in [-0.2, 0) is 29.0 Å². The molecule has 218 valence electrons. The van der Waals surface area contributed by atoms with Gasteiger partial charge < -0.3 is 31.3 Å². The Labute approximate surface area is 246 Å². The largest absolute Gasteiger partial charge is 0.508 e. The number of carbonyl (C=O) groups excluding carboxylic acids is 2. The van der Waals surface area contributed by atoms with Crippen molar-refractivity contribution >= 4 is 18.0 Å². The van der Waals surface area contributed by atoms with Crippen LogP contribution in [0.1, 0.15) is 42.2 Å². The number of aliphatic hydroxyl groups excluding tert-OH is 1. The standard InChI is InChI=1S/C34H37N3O5/c1-34(2,37-21-32(41)28-12-15-31(40)30(18-28)36-22-38)19-25-5-3-4-24(16-25)17-33(42)35-20-23-6-8-26(9-7-23)27-10-13-29(39)14-11-27/h3-16,18,22,32,37,39-41H,17,19-21H2,1-2H3,(H,35,42)(H,36,38)/t32-/m1/s1. The molecule has 42 heavy (non-hydrogen) atoms. The van der Waals surface area contributed by atoms with Gasteiger partial charge in [-0.25, -0.2) is 0 Å². The number of amides is 2. The van der Waals surface area contributed by atoms with Crippen molar-refractivity contribution in [3.05, 3.63) is 113 Å². The molecular weight excluding hydrogens is 530 g/mol. The Morgan fingerprint density at radius 3 is 2.21 bits per heavy atom. The van der Waals surface area contributed by atoms with Gasteiger partial charge in [-0.05, 0) is 77.9 Å². The van der Waals surface area contributed by atoms with E-state index >= 15 is 0 Å². The number of hydrogen-bond donors (Lipinski definition) is 6. The van der Waals surface area contributed by atoms with Gasteiger partial charge in [-0.3, -0.25) is 9.59 Å². The number of aromatic hydroxyl groups is 2. The lowest BCUT2D eigenvalue weighted by atomic mass is 9.93. The predicted octanol–water partition coefficient (Wildman–Crippen LogP) is 4.84. The molecule has 8 nitrogen and oxygen atoms in total. The highest BCUT2D eigenvalue weighted by molar-refractivity contribution is 5.78. The molecule has 4 rings (SSSR count). The molecule has 0 aromatic heterocycles. The van der Waals surface area contributed by atoms with E-state index in [1.54, 1.807) is 24.3 Å². The number of hydrogen-bond acceptors (Lipinski definition) is 6. The van der Waals surface area contributed by atoms with Gasteiger partial charge in [0, 0.05) is 18.6 Å². The summed E-state index contributed by atoms with van der Waals surface area (Å²) in [5.41, 5.74) is 5.49. The summed E-state index contributed by atoms with van der Waals surface area (Å²) in [6.45, 7) is 4.79. The molecule has 0 radical (unpaired) electrons. The van der Waals surface area contributed by atoms with Crippen molar-refractivity contribution in [1.29, 1.82) is 0 Å². The minimum Gasteiger partial charge on any atom is -0.508 e. The van der Waals surface area contributed by atoms with Gasteiger partial charge in [0.25, 0.3) is 0 Å². The minimum absolute atomic E-state index is 0.0624. The van der Waals surface area contributed by atoms with E-state index in [-0.39, 0.29) is 41.6 Å². The van der Waals surface area contributed by atoms with E-state index in [2.05, 4.69) is 16.0 Å². The van der Waals surface area contributed by atoms with Gasteiger partial charge in [-0.15, -0.1) is 0 Å². The molecular formula is C34H37N3O5. The smallest absolute Gasteiger partial charge is 0.224 e. The zero-order valence-electron chi connectivity index (χ0n) is 23.8. The zero-order valence-corrected chi connectivity index (χ0v) is 23.8. The van der Waals surface area contributed by atoms with Gasteiger partial charge in [0.05, 0.1) is 18.2 Å². The third kappa shape index (κ3) is 8.67. The van der Waals surface area contributed by atoms with Crippen molar-refractivity contribution in [1.82, 2.24) is 10.6 Å². The summed E-state index contributed by atoms with van der Waals surface area (Å²) in [6.07, 6.45) is 0.583. The molecule has 0 saturated carbocycles. The van der Waals surface area contributed by atoms with E-state index < -0.39 is 6.10 Å². The zero-order chi connectivity index (χ0) is 30.1. The molecule has 1 atom stereocenters. The summed E-state index contributed by atoms with van der Waals surface area (Å²) >= 11 is 0. The molecule has 8 heteroatoms. The van der Waals surface area contributed by atoms with Crippen molar-refractivity contribution in [2.75, 3.05) is 11.9 Å². The number of aliphatic hydroxyl groups is 1. The number of nitrogens with one attached hydrogen (secondary N) is 3. The first-order chi connectivity index (χ1) is 20.1. The number of anilines is 1. The van der Waals surface area contributed by atoms with Crippen LogP contribution in [-0.4, -0.2) is 39.7 Å². The number of rotatable bonds is 13. The molecule has 0 bridgehead atoms. The van der Waals surface area contributed by atoms with Crippen LogP contribution in [0, 0.1) is 0 Å². The van der Waals surface area contributed by atoms with Gasteiger partial charge in [0.2, 0.25) is 12.3 Å². The van der Waals surface area contributed by atoms with Crippen LogP contribution in [0.3, 0.4) is 0 Å². The van der Waals surface area contributed by atoms with E-state index in [1.807, 2.05) is 74.5 Å². The molecule has 2 amide bonds. The molecule has 0 saturated heterocycles. The lowest BCUT2D eigenvalue weighted by Gasteiger charge is -2.28. The molecule has 4 aromatic carbocycles. The van der Waals surface area contributed by atoms with Crippen LogP contribution < -0.4 is 16.0 Å². The second kappa shape index (κ2) is 13.8. The Kier molecular flexibility index (Phi) is 9.96. The van der Waals surface area contributed by atoms with Gasteiger partial charge in [-0.1, -0.05) is 66.7 Å². The monoisotopic (exact) mass is 567 g/mol. The summed E-state index contributed by atoms with van der Waals surface area (Å²) < 4.78 is 0. The third-order valence-corrected chi connectivity index (χ3v) is 7.04. The highest BCUT2D eigenvalue weighted by Gasteiger charge is 2.21. The average Bonchev–Trinajstić information content (AvgIpc) is 2.97. The van der Waals surface area contributed by atoms with Gasteiger partial charge >= 0.3 is 0 Å². The van der Waals surface area contributed by atoms with Crippen LogP contribution in [0.25, 0.3) is 11.1 Å². The second-order valence-corrected chi connectivity index (χ2v) is 11.0. The summed E-state index contributed by atoms with van der Waals surface area (Å²) in [7, 11) is 0. The average molecular weight is 568 g/mol. The molecule has 0 spiro atoms. The summed E-state index contributed by atoms with van der Waals surface area (Å²) in [5, 5.41) is 38.8. The maximum absolute atomic E-state index is 12.7. The Morgan fingerprint density at radius 1 is 0.857 bits per heavy atom. The quantitative estimate of drug-likeness (QED) is 0.101. The van der Waals surface area contributed by atoms with Crippen molar-refractivity contribution in [2.24, 2.45) is 0 Å². The Bertz CT molecular complexity index is 1500. The highest BCUT2D eigenvalue weighted by atomic mass is 16.3. The maximum atomic E-state index is 12.7. The minimum atomic E-state index is -0.837. The first kappa shape index (κ1) is 30.3. The Balaban J connectivity index is 1.27. The fourth-order valence-electron chi connectivity index (χ4n) is 4.77. The van der Waals surface area contributed by atoms with Crippen LogP contribution in [0.5, 0.6) is 11.5 Å². The SMILES string of the molecule is CC(C)(Cc1cccc(CC(=O)NCc2ccc(-c3ccc(O)cc3)cc2)c1)NC[C@@H](O)c1ccc(O)c(NC=O)c1. The Hall–Kier alpha value is -4.66. The maximum Gasteiger partial charge on any atom is 0.224 e. The molecule has 0 aliphatic heterocycles. The molecule has 0 aliphatic rings. The fourth-order valence-corrected chi connectivity index (χ4v) is 4.77. The topological polar surface area (TPSA) is 131 Å². The van der Waals surface area contributed by atoms with Gasteiger partial charge in [0.1, 0.15) is 11.5 Å². The predicted molar refractivity (Wildman–Crippen MR) is 164 cm³/mol. The second-order valence-electron chi connectivity index (χ2n) is 11.0. The summed E-state index contributed by atoms with van der Waals surface area (Å²) in [5.74, 6) is 0.101. The van der Waals surface area contributed by atoms with Crippen LogP contribution in [0.4, 0.5) is 5.69 Å². The molecule has 4 aromatic rings. The van der Waals surface area contributed by atoms with Crippen LogP contribution in [0.2, 0.25) is 0 Å². The first-order valence-electron chi connectivity index (χ1n) is 13.8. The molecule has 0 heterocycles. The van der Waals surface area contributed by atoms with Crippen LogP contribution >= 0.6 is 0 Å². The van der Waals surface area contributed by atoms with Crippen molar-refractivity contribution in [3.8, 4) is 22.6 Å². The molecule has 0 fully saturated rings. The number of phenolic OH excluding ortho intramolecular Hbond substituents is 2. The fraction of sp³-hybridized carbons (Fsp3) is 0.235. The Morgan fingerprint density at radius 2 is 1.52 bits per heavy atom. The van der Waals surface area contributed by atoms with Crippen molar-refractivity contribution < 1.29 is 24.9 Å². The lowest BCUT2D eigenvalue weighted by molar-refractivity contribution is -0.120. The van der Waals surface area contributed by atoms with Crippen molar-refractivity contribution in [2.45, 2.75) is 44.9 Å². The lowest BCUT2D eigenvalue weighted by Crippen LogP contribution is -2.43. The van der Waals surface area contributed by atoms with Gasteiger partial charge in [-0.2, -0.15) is 0 Å². The van der Waals surface area contributed by atoms with E-state index in [0.717, 1.165) is 27.8 Å². The van der Waals surface area contributed by atoms with E-state index in [4.69, 9.17) is 0 Å². The van der Waals surface area contributed by atoms with E-state index in [0.29, 0.717) is 24.9 Å². The summed E-state index contributed by atoms with van der Waals surface area (Å²) in [4.78, 5) is 23.4. The molecule has 0 aliphatic carbocycles. The van der Waals surface area contributed by atoms with E-state index in [9.17, 15) is 24.9 Å².